The zero-order valence-electron chi connectivity index (χ0n) is 15.9. The van der Waals surface area contributed by atoms with E-state index in [4.69, 9.17) is 4.42 Å². The van der Waals surface area contributed by atoms with E-state index in [0.717, 1.165) is 12.8 Å². The molecule has 4 rings (SSSR count). The van der Waals surface area contributed by atoms with E-state index in [1.54, 1.807) is 6.92 Å². The van der Waals surface area contributed by atoms with E-state index >= 15 is 0 Å². The van der Waals surface area contributed by atoms with Crippen LogP contribution < -0.4 is 5.43 Å². The van der Waals surface area contributed by atoms with Crippen molar-refractivity contribution in [1.29, 1.82) is 0 Å². The summed E-state index contributed by atoms with van der Waals surface area (Å²) in [6, 6.07) is 23.4. The lowest BCUT2D eigenvalue weighted by atomic mass is 9.69. The summed E-state index contributed by atoms with van der Waals surface area (Å²) in [5, 5.41) is 0. The predicted octanol–water partition coefficient (Wildman–Crippen LogP) is 4.17. The molecule has 0 aliphatic carbocycles. The number of rotatable bonds is 3. The van der Waals surface area contributed by atoms with Crippen LogP contribution in [0.5, 0.6) is 0 Å². The van der Waals surface area contributed by atoms with Crippen LogP contribution in [-0.4, -0.2) is 23.9 Å². The summed E-state index contributed by atoms with van der Waals surface area (Å²) in [5.41, 5.74) is 1.91. The van der Waals surface area contributed by atoms with Gasteiger partial charge in [-0.1, -0.05) is 60.7 Å². The van der Waals surface area contributed by atoms with Gasteiger partial charge >= 0.3 is 0 Å². The molecule has 0 spiro atoms. The van der Waals surface area contributed by atoms with E-state index in [-0.39, 0.29) is 22.5 Å². The Bertz CT molecular complexity index is 985. The maximum Gasteiger partial charge on any atom is 0.289 e. The van der Waals surface area contributed by atoms with Crippen molar-refractivity contribution in [2.75, 3.05) is 13.1 Å². The lowest BCUT2D eigenvalue weighted by molar-refractivity contribution is 0.0630. The number of hydrogen-bond donors (Lipinski definition) is 0. The molecule has 2 heterocycles. The maximum absolute atomic E-state index is 13.1. The van der Waals surface area contributed by atoms with E-state index in [9.17, 15) is 9.59 Å². The number of nitrogens with zero attached hydrogens (tertiary/aromatic N) is 1. The number of piperidine rings is 1. The number of aryl methyl sites for hydroxylation is 1. The molecule has 1 aliphatic rings. The second-order valence-electron chi connectivity index (χ2n) is 7.41. The summed E-state index contributed by atoms with van der Waals surface area (Å²) >= 11 is 0. The zero-order valence-corrected chi connectivity index (χ0v) is 15.9. The summed E-state index contributed by atoms with van der Waals surface area (Å²) in [6.07, 6.45) is 1.84. The van der Waals surface area contributed by atoms with Gasteiger partial charge in [-0.25, -0.2) is 0 Å². The molecular weight excluding hydrogens is 350 g/mol. The van der Waals surface area contributed by atoms with Gasteiger partial charge in [0, 0.05) is 30.6 Å². The number of amides is 1. The second-order valence-corrected chi connectivity index (χ2v) is 7.41. The van der Waals surface area contributed by atoms with E-state index in [0.29, 0.717) is 18.8 Å². The van der Waals surface area contributed by atoms with Crippen molar-refractivity contribution in [1.82, 2.24) is 4.90 Å². The summed E-state index contributed by atoms with van der Waals surface area (Å²) in [7, 11) is 0. The van der Waals surface area contributed by atoms with Crippen molar-refractivity contribution < 1.29 is 9.21 Å². The van der Waals surface area contributed by atoms with Crippen LogP contribution in [0.3, 0.4) is 0 Å². The third kappa shape index (κ3) is 3.38. The van der Waals surface area contributed by atoms with Gasteiger partial charge in [0.15, 0.2) is 11.2 Å². The highest BCUT2D eigenvalue weighted by molar-refractivity contribution is 5.91. The molecule has 1 amide bonds. The van der Waals surface area contributed by atoms with Gasteiger partial charge in [-0.15, -0.1) is 0 Å². The molecule has 1 fully saturated rings. The van der Waals surface area contributed by atoms with Gasteiger partial charge in [-0.2, -0.15) is 0 Å². The van der Waals surface area contributed by atoms with Crippen molar-refractivity contribution in [3.05, 3.63) is 106 Å². The molecule has 0 radical (unpaired) electrons. The molecule has 2 aromatic carbocycles. The molecule has 3 aromatic rings. The van der Waals surface area contributed by atoms with Crippen LogP contribution in [0.1, 0.15) is 40.3 Å². The minimum atomic E-state index is -0.277. The first-order valence-electron chi connectivity index (χ1n) is 9.61. The summed E-state index contributed by atoms with van der Waals surface area (Å²) in [4.78, 5) is 26.8. The molecule has 0 unspecified atom stereocenters. The molecule has 0 atom stereocenters. The topological polar surface area (TPSA) is 50.5 Å². The first kappa shape index (κ1) is 18.2. The van der Waals surface area contributed by atoms with Gasteiger partial charge in [0.1, 0.15) is 5.76 Å². The van der Waals surface area contributed by atoms with Crippen molar-refractivity contribution in [2.24, 2.45) is 0 Å². The Morgan fingerprint density at radius 1 is 0.964 bits per heavy atom. The largest absolute Gasteiger partial charge is 0.456 e. The number of carbonyl (C=O) groups is 1. The van der Waals surface area contributed by atoms with Gasteiger partial charge in [0.05, 0.1) is 0 Å². The number of likely N-dealkylation sites (tertiary alicyclic amines) is 1. The molecule has 0 saturated carbocycles. The Morgan fingerprint density at radius 2 is 1.57 bits per heavy atom. The minimum Gasteiger partial charge on any atom is -0.456 e. The smallest absolute Gasteiger partial charge is 0.289 e. The van der Waals surface area contributed by atoms with Gasteiger partial charge in [-0.3, -0.25) is 9.59 Å². The molecule has 4 heteroatoms. The fourth-order valence-corrected chi connectivity index (χ4v) is 4.25. The molecule has 28 heavy (non-hydrogen) atoms. The highest BCUT2D eigenvalue weighted by Crippen LogP contribution is 2.40. The van der Waals surface area contributed by atoms with Crippen LogP contribution in [0, 0.1) is 6.92 Å². The summed E-state index contributed by atoms with van der Waals surface area (Å²) in [5.74, 6) is 0.337. The Hall–Kier alpha value is -3.14. The van der Waals surface area contributed by atoms with E-state index in [1.807, 2.05) is 41.3 Å². The van der Waals surface area contributed by atoms with Crippen molar-refractivity contribution in [2.45, 2.75) is 25.2 Å². The number of carbonyl (C=O) groups excluding carboxylic acids is 1. The molecular formula is C24H23NO3. The highest BCUT2D eigenvalue weighted by atomic mass is 16.3. The summed E-state index contributed by atoms with van der Waals surface area (Å²) < 4.78 is 5.56. The van der Waals surface area contributed by atoms with Crippen LogP contribution in [0.2, 0.25) is 0 Å². The molecule has 1 aliphatic heterocycles. The van der Waals surface area contributed by atoms with Crippen molar-refractivity contribution in [3.63, 3.8) is 0 Å². The van der Waals surface area contributed by atoms with Crippen LogP contribution in [-0.2, 0) is 5.41 Å². The second kappa shape index (κ2) is 7.47. The quantitative estimate of drug-likeness (QED) is 0.692. The third-order valence-electron chi connectivity index (χ3n) is 5.53. The summed E-state index contributed by atoms with van der Waals surface area (Å²) in [6.45, 7) is 2.89. The average molecular weight is 373 g/mol. The Balaban J connectivity index is 1.75. The van der Waals surface area contributed by atoms with Crippen LogP contribution in [0.25, 0.3) is 0 Å². The fourth-order valence-electron chi connectivity index (χ4n) is 4.25. The maximum atomic E-state index is 13.1. The lowest BCUT2D eigenvalue weighted by Crippen LogP contribution is -2.49. The van der Waals surface area contributed by atoms with Gasteiger partial charge in [0.25, 0.3) is 5.91 Å². The lowest BCUT2D eigenvalue weighted by Gasteiger charge is -2.43. The SMILES string of the molecule is Cc1cc(=O)cc(C(=O)N2CCCC(c3ccccc3)(c3ccccc3)C2)o1. The standard InChI is InChI=1S/C24H23NO3/c1-18-15-21(26)16-22(28-18)23(27)25-14-8-13-24(17-25,19-9-4-2-5-10-19)20-11-6-3-7-12-20/h2-7,9-12,15-16H,8,13-14,17H2,1H3. The van der Waals surface area contributed by atoms with E-state index in [2.05, 4.69) is 24.3 Å². The molecule has 0 N–H and O–H groups in total. The first-order chi connectivity index (χ1) is 13.6. The predicted molar refractivity (Wildman–Crippen MR) is 109 cm³/mol. The molecule has 1 saturated heterocycles. The Labute approximate surface area is 164 Å². The first-order valence-corrected chi connectivity index (χ1v) is 9.61. The van der Waals surface area contributed by atoms with Crippen molar-refractivity contribution in [3.8, 4) is 0 Å². The van der Waals surface area contributed by atoms with Crippen LogP contribution >= 0.6 is 0 Å². The highest BCUT2D eigenvalue weighted by Gasteiger charge is 2.40. The van der Waals surface area contributed by atoms with Crippen LogP contribution in [0.4, 0.5) is 0 Å². The van der Waals surface area contributed by atoms with Gasteiger partial charge in [-0.05, 0) is 30.9 Å². The Kier molecular flexibility index (Phi) is 4.86. The number of hydrogen-bond acceptors (Lipinski definition) is 3. The van der Waals surface area contributed by atoms with E-state index in [1.165, 1.54) is 23.3 Å². The fraction of sp³-hybridized carbons (Fsp3) is 0.250. The molecule has 142 valence electrons. The monoisotopic (exact) mass is 373 g/mol. The zero-order chi connectivity index (χ0) is 19.6. The van der Waals surface area contributed by atoms with Crippen LogP contribution in [0.15, 0.2) is 82.0 Å². The molecule has 4 nitrogen and oxygen atoms in total. The normalized spacial score (nSPS) is 16.0. The minimum absolute atomic E-state index is 0.113. The molecule has 0 bridgehead atoms. The van der Waals surface area contributed by atoms with Gasteiger partial charge in [0.2, 0.25) is 0 Å². The Morgan fingerprint density at radius 3 is 2.14 bits per heavy atom. The van der Waals surface area contributed by atoms with E-state index < -0.39 is 0 Å². The van der Waals surface area contributed by atoms with Crippen molar-refractivity contribution >= 4 is 5.91 Å². The van der Waals surface area contributed by atoms with Gasteiger partial charge < -0.3 is 9.32 Å². The number of benzene rings is 2. The average Bonchev–Trinajstić information content (AvgIpc) is 2.74. The third-order valence-corrected chi connectivity index (χ3v) is 5.53. The molecule has 1 aromatic heterocycles.